The van der Waals surface area contributed by atoms with Crippen LogP contribution in [0.5, 0.6) is 0 Å². The van der Waals surface area contributed by atoms with Crippen molar-refractivity contribution in [3.8, 4) is 0 Å². The smallest absolute Gasteiger partial charge is 0.269 e. The summed E-state index contributed by atoms with van der Waals surface area (Å²) in [5.74, 6) is -0.742. The maximum Gasteiger partial charge on any atom is 0.269 e. The third kappa shape index (κ3) is 6.18. The number of nitro groups is 1. The second-order valence-corrected chi connectivity index (χ2v) is 9.38. The number of halogens is 1. The summed E-state index contributed by atoms with van der Waals surface area (Å²) in [6, 6.07) is 26.4. The molecule has 39 heavy (non-hydrogen) atoms. The molecule has 2 heterocycles. The number of carbonyl (C=O) groups excluding carboxylic acids is 1. The lowest BCUT2D eigenvalue weighted by atomic mass is 9.88. The van der Waals surface area contributed by atoms with Gasteiger partial charge >= 0.3 is 0 Å². The zero-order valence-corrected chi connectivity index (χ0v) is 21.2. The summed E-state index contributed by atoms with van der Waals surface area (Å²) in [4.78, 5) is 28.3. The standard InChI is InChI=1S/C31H27FN4O3/c32-24-12-8-22(9-13-24)20-35-21-29(27-6-1-2-7-30(27)35)28(23-10-14-26(15-11-23)36(38)39)19-31(37)34-18-16-25-5-3-4-17-33-25/h1-15,17,21,28H,16,18-20H2,(H,34,37)/t28-/m1/s1. The lowest BCUT2D eigenvalue weighted by Gasteiger charge is -2.17. The Morgan fingerprint density at radius 3 is 2.44 bits per heavy atom. The summed E-state index contributed by atoms with van der Waals surface area (Å²) in [5, 5.41) is 15.2. The Morgan fingerprint density at radius 1 is 0.974 bits per heavy atom. The van der Waals surface area contributed by atoms with Gasteiger partial charge in [0.05, 0.1) is 4.92 Å². The minimum Gasteiger partial charge on any atom is -0.356 e. The second kappa shape index (κ2) is 11.7. The number of rotatable bonds is 10. The first-order chi connectivity index (χ1) is 19.0. The molecule has 1 amide bonds. The summed E-state index contributed by atoms with van der Waals surface area (Å²) in [7, 11) is 0. The molecule has 7 nitrogen and oxygen atoms in total. The molecule has 5 rings (SSSR count). The molecule has 8 heteroatoms. The Kier molecular flexibility index (Phi) is 7.73. The van der Waals surface area contributed by atoms with Crippen LogP contribution in [0.1, 0.15) is 34.7 Å². The summed E-state index contributed by atoms with van der Waals surface area (Å²) in [6.45, 7) is 0.985. The number of carbonyl (C=O) groups is 1. The van der Waals surface area contributed by atoms with Gasteiger partial charge in [-0.15, -0.1) is 0 Å². The van der Waals surface area contributed by atoms with Gasteiger partial charge in [-0.1, -0.05) is 48.5 Å². The minimum absolute atomic E-state index is 0.00366. The van der Waals surface area contributed by atoms with Crippen molar-refractivity contribution in [1.82, 2.24) is 14.9 Å². The van der Waals surface area contributed by atoms with E-state index in [2.05, 4.69) is 14.9 Å². The molecule has 0 saturated heterocycles. The van der Waals surface area contributed by atoms with E-state index in [0.717, 1.165) is 33.3 Å². The number of pyridine rings is 1. The summed E-state index contributed by atoms with van der Waals surface area (Å²) >= 11 is 0. The third-order valence-electron chi connectivity index (χ3n) is 6.79. The molecule has 0 saturated carbocycles. The van der Waals surface area contributed by atoms with Crippen molar-refractivity contribution in [3.63, 3.8) is 0 Å². The van der Waals surface area contributed by atoms with Gasteiger partial charge in [0.2, 0.25) is 5.91 Å². The van der Waals surface area contributed by atoms with Crippen LogP contribution < -0.4 is 5.32 Å². The number of nitro benzene ring substituents is 1. The number of hydrogen-bond donors (Lipinski definition) is 1. The first-order valence-electron chi connectivity index (χ1n) is 12.7. The fourth-order valence-electron chi connectivity index (χ4n) is 4.84. The fraction of sp³-hybridized carbons (Fsp3) is 0.161. The Labute approximate surface area is 225 Å². The predicted molar refractivity (Wildman–Crippen MR) is 148 cm³/mol. The molecular formula is C31H27FN4O3. The predicted octanol–water partition coefficient (Wildman–Crippen LogP) is 6.01. The highest BCUT2D eigenvalue weighted by molar-refractivity contribution is 5.87. The van der Waals surface area contributed by atoms with Crippen LogP contribution in [-0.4, -0.2) is 26.9 Å². The van der Waals surface area contributed by atoms with E-state index >= 15 is 0 Å². The van der Waals surface area contributed by atoms with Crippen molar-refractivity contribution in [1.29, 1.82) is 0 Å². The topological polar surface area (TPSA) is 90.1 Å². The van der Waals surface area contributed by atoms with Crippen LogP contribution in [0.4, 0.5) is 10.1 Å². The number of hydrogen-bond acceptors (Lipinski definition) is 4. The van der Waals surface area contributed by atoms with E-state index in [1.165, 1.54) is 24.3 Å². The molecule has 196 valence electrons. The monoisotopic (exact) mass is 522 g/mol. The van der Waals surface area contributed by atoms with E-state index in [4.69, 9.17) is 0 Å². The Bertz CT molecular complexity index is 1580. The van der Waals surface area contributed by atoms with Gasteiger partial charge in [-0.3, -0.25) is 19.9 Å². The maximum atomic E-state index is 13.5. The first kappa shape index (κ1) is 25.8. The SMILES string of the molecule is O=C(C[C@H](c1ccc([N+](=O)[O-])cc1)c1cn(Cc2ccc(F)cc2)c2ccccc12)NCCc1ccccn1. The quantitative estimate of drug-likeness (QED) is 0.180. The molecule has 1 atom stereocenters. The van der Waals surface area contributed by atoms with Crippen LogP contribution in [0.3, 0.4) is 0 Å². The van der Waals surface area contributed by atoms with Gasteiger partial charge in [0.25, 0.3) is 5.69 Å². The van der Waals surface area contributed by atoms with Gasteiger partial charge in [-0.25, -0.2) is 4.39 Å². The summed E-state index contributed by atoms with van der Waals surface area (Å²) < 4.78 is 15.6. The van der Waals surface area contributed by atoms with Crippen molar-refractivity contribution in [3.05, 3.63) is 142 Å². The van der Waals surface area contributed by atoms with Gasteiger partial charge in [-0.2, -0.15) is 0 Å². The van der Waals surface area contributed by atoms with Gasteiger partial charge in [0.15, 0.2) is 0 Å². The number of non-ortho nitro benzene ring substituents is 1. The molecule has 0 aliphatic heterocycles. The van der Waals surface area contributed by atoms with Gasteiger partial charge < -0.3 is 9.88 Å². The van der Waals surface area contributed by atoms with Crippen molar-refractivity contribution in [2.45, 2.75) is 25.3 Å². The fourth-order valence-corrected chi connectivity index (χ4v) is 4.84. The normalized spacial score (nSPS) is 11.8. The summed E-state index contributed by atoms with van der Waals surface area (Å²) in [5.41, 5.74) is 4.58. The van der Waals surface area contributed by atoms with Gasteiger partial charge in [0.1, 0.15) is 5.82 Å². The molecule has 0 bridgehead atoms. The molecule has 5 aromatic rings. The molecular weight excluding hydrogens is 495 g/mol. The Morgan fingerprint density at radius 2 is 1.72 bits per heavy atom. The molecule has 0 fully saturated rings. The minimum atomic E-state index is -0.433. The lowest BCUT2D eigenvalue weighted by Crippen LogP contribution is -2.27. The Hall–Kier alpha value is -4.85. The zero-order valence-electron chi connectivity index (χ0n) is 21.2. The van der Waals surface area contributed by atoms with Crippen molar-refractivity contribution in [2.75, 3.05) is 6.54 Å². The highest BCUT2D eigenvalue weighted by atomic mass is 19.1. The molecule has 0 aliphatic rings. The van der Waals surface area contributed by atoms with Crippen LogP contribution in [-0.2, 0) is 17.8 Å². The maximum absolute atomic E-state index is 13.5. The molecule has 1 N–H and O–H groups in total. The average molecular weight is 523 g/mol. The van der Waals surface area contributed by atoms with E-state index in [1.54, 1.807) is 30.5 Å². The van der Waals surface area contributed by atoms with Gasteiger partial charge in [0, 0.05) is 73.0 Å². The number of fused-ring (bicyclic) bond motifs is 1. The molecule has 0 spiro atoms. The van der Waals surface area contributed by atoms with Crippen LogP contribution in [0.25, 0.3) is 10.9 Å². The zero-order chi connectivity index (χ0) is 27.2. The van der Waals surface area contributed by atoms with Crippen LogP contribution in [0.15, 0.2) is 103 Å². The number of aromatic nitrogens is 2. The van der Waals surface area contributed by atoms with Crippen LogP contribution in [0.2, 0.25) is 0 Å². The molecule has 3 aromatic carbocycles. The molecule has 0 aliphatic carbocycles. The highest BCUT2D eigenvalue weighted by Crippen LogP contribution is 2.35. The van der Waals surface area contributed by atoms with E-state index in [0.29, 0.717) is 19.5 Å². The van der Waals surface area contributed by atoms with Crippen LogP contribution in [0, 0.1) is 15.9 Å². The van der Waals surface area contributed by atoms with E-state index in [-0.39, 0.29) is 29.8 Å². The van der Waals surface area contributed by atoms with E-state index < -0.39 is 4.92 Å². The third-order valence-corrected chi connectivity index (χ3v) is 6.79. The second-order valence-electron chi connectivity index (χ2n) is 9.38. The van der Waals surface area contributed by atoms with E-state index in [1.807, 2.05) is 48.7 Å². The first-order valence-corrected chi connectivity index (χ1v) is 12.7. The van der Waals surface area contributed by atoms with Gasteiger partial charge in [-0.05, 0) is 47.0 Å². The number of nitrogens with one attached hydrogen (secondary N) is 1. The Balaban J connectivity index is 1.46. The number of benzene rings is 3. The molecule has 0 unspecified atom stereocenters. The molecule has 2 aromatic heterocycles. The number of amides is 1. The largest absolute Gasteiger partial charge is 0.356 e. The van der Waals surface area contributed by atoms with Crippen molar-refractivity contribution in [2.24, 2.45) is 0 Å². The lowest BCUT2D eigenvalue weighted by molar-refractivity contribution is -0.384. The number of nitrogens with zero attached hydrogens (tertiary/aromatic N) is 3. The van der Waals surface area contributed by atoms with E-state index in [9.17, 15) is 19.3 Å². The highest BCUT2D eigenvalue weighted by Gasteiger charge is 2.23. The van der Waals surface area contributed by atoms with Crippen molar-refractivity contribution < 1.29 is 14.1 Å². The average Bonchev–Trinajstić information content (AvgIpc) is 3.31. The van der Waals surface area contributed by atoms with Crippen LogP contribution >= 0.6 is 0 Å². The number of para-hydroxylation sites is 1. The molecule has 0 radical (unpaired) electrons. The summed E-state index contributed by atoms with van der Waals surface area (Å²) in [6.07, 6.45) is 4.54. The van der Waals surface area contributed by atoms with Crippen molar-refractivity contribution >= 4 is 22.5 Å².